The summed E-state index contributed by atoms with van der Waals surface area (Å²) in [5.74, 6) is -0.496. The van der Waals surface area contributed by atoms with Crippen LogP contribution in [0.3, 0.4) is 0 Å². The Morgan fingerprint density at radius 2 is 2.06 bits per heavy atom. The Kier molecular flexibility index (Phi) is 3.61. The molecule has 0 aliphatic carbocycles. The maximum atomic E-state index is 11.0. The molecule has 0 aliphatic rings. The highest BCUT2D eigenvalue weighted by Gasteiger charge is 2.15. The van der Waals surface area contributed by atoms with Crippen molar-refractivity contribution < 1.29 is 9.90 Å². The number of aryl methyl sites for hydroxylation is 2. The molecule has 7 heteroatoms. The zero-order valence-corrected chi connectivity index (χ0v) is 10.8. The summed E-state index contributed by atoms with van der Waals surface area (Å²) in [6.07, 6.45) is 4.82. The van der Waals surface area contributed by atoms with Crippen LogP contribution in [-0.2, 0) is 12.8 Å². The van der Waals surface area contributed by atoms with Gasteiger partial charge in [-0.05, 0) is 12.5 Å². The SMILES string of the molecule is Cc1cnc(SCc2c(C(=O)O)cnn2C)nc1. The lowest BCUT2D eigenvalue weighted by Gasteiger charge is -2.03. The Hall–Kier alpha value is -1.89. The Morgan fingerprint density at radius 3 is 2.67 bits per heavy atom. The van der Waals surface area contributed by atoms with Crippen molar-refractivity contribution in [3.63, 3.8) is 0 Å². The van der Waals surface area contributed by atoms with Gasteiger partial charge in [0, 0.05) is 25.2 Å². The smallest absolute Gasteiger partial charge is 0.339 e. The van der Waals surface area contributed by atoms with Gasteiger partial charge in [0.2, 0.25) is 0 Å². The number of aromatic nitrogens is 4. The first-order valence-electron chi connectivity index (χ1n) is 5.23. The van der Waals surface area contributed by atoms with E-state index in [4.69, 9.17) is 5.11 Å². The molecular formula is C11H12N4O2S. The molecule has 0 unspecified atom stereocenters. The fourth-order valence-corrected chi connectivity index (χ4v) is 2.26. The summed E-state index contributed by atoms with van der Waals surface area (Å²) >= 11 is 1.39. The van der Waals surface area contributed by atoms with Crippen LogP contribution in [0.25, 0.3) is 0 Å². The molecule has 2 aromatic heterocycles. The zero-order valence-electron chi connectivity index (χ0n) is 9.99. The average molecular weight is 264 g/mol. The molecule has 2 heterocycles. The van der Waals surface area contributed by atoms with E-state index in [0.29, 0.717) is 16.6 Å². The first-order valence-corrected chi connectivity index (χ1v) is 6.22. The van der Waals surface area contributed by atoms with Gasteiger partial charge in [0.05, 0.1) is 11.9 Å². The van der Waals surface area contributed by atoms with Gasteiger partial charge in [-0.2, -0.15) is 5.10 Å². The van der Waals surface area contributed by atoms with Gasteiger partial charge in [0.15, 0.2) is 5.16 Å². The van der Waals surface area contributed by atoms with Gasteiger partial charge in [-0.1, -0.05) is 11.8 Å². The van der Waals surface area contributed by atoms with Crippen LogP contribution in [0, 0.1) is 6.92 Å². The van der Waals surface area contributed by atoms with Crippen molar-refractivity contribution in [1.29, 1.82) is 0 Å². The Labute approximate surface area is 108 Å². The van der Waals surface area contributed by atoms with Crippen molar-refractivity contribution in [3.8, 4) is 0 Å². The fourth-order valence-electron chi connectivity index (χ4n) is 1.40. The molecule has 0 aliphatic heterocycles. The molecule has 0 bridgehead atoms. The van der Waals surface area contributed by atoms with Crippen molar-refractivity contribution in [1.82, 2.24) is 19.7 Å². The van der Waals surface area contributed by atoms with E-state index in [-0.39, 0.29) is 5.56 Å². The standard InChI is InChI=1S/C11H12N4O2S/c1-7-3-12-11(13-4-7)18-6-9-8(10(16)17)5-14-15(9)2/h3-5H,6H2,1-2H3,(H,16,17). The third-order valence-electron chi connectivity index (χ3n) is 2.39. The van der Waals surface area contributed by atoms with Gasteiger partial charge in [0.25, 0.3) is 0 Å². The summed E-state index contributed by atoms with van der Waals surface area (Å²) in [6, 6.07) is 0. The molecule has 2 aromatic rings. The summed E-state index contributed by atoms with van der Waals surface area (Å²) in [4.78, 5) is 19.3. The quantitative estimate of drug-likeness (QED) is 0.666. The minimum Gasteiger partial charge on any atom is -0.478 e. The third kappa shape index (κ3) is 2.67. The Morgan fingerprint density at radius 1 is 1.39 bits per heavy atom. The number of aromatic carboxylic acids is 1. The van der Waals surface area contributed by atoms with Crippen LogP contribution in [0.4, 0.5) is 0 Å². The number of thioether (sulfide) groups is 1. The fraction of sp³-hybridized carbons (Fsp3) is 0.273. The zero-order chi connectivity index (χ0) is 13.1. The first-order chi connectivity index (χ1) is 8.58. The monoisotopic (exact) mass is 264 g/mol. The molecule has 94 valence electrons. The van der Waals surface area contributed by atoms with E-state index in [0.717, 1.165) is 5.56 Å². The molecule has 0 radical (unpaired) electrons. The number of hydrogen-bond acceptors (Lipinski definition) is 5. The molecule has 0 amide bonds. The van der Waals surface area contributed by atoms with Crippen LogP contribution in [-0.4, -0.2) is 30.8 Å². The minimum atomic E-state index is -0.969. The minimum absolute atomic E-state index is 0.220. The van der Waals surface area contributed by atoms with Gasteiger partial charge < -0.3 is 5.11 Å². The summed E-state index contributed by atoms with van der Waals surface area (Å²) in [6.45, 7) is 1.91. The van der Waals surface area contributed by atoms with E-state index >= 15 is 0 Å². The molecule has 0 saturated heterocycles. The summed E-state index contributed by atoms with van der Waals surface area (Å²) < 4.78 is 1.56. The number of nitrogens with zero attached hydrogens (tertiary/aromatic N) is 4. The van der Waals surface area contributed by atoms with Crippen LogP contribution in [0.1, 0.15) is 21.6 Å². The molecular weight excluding hydrogens is 252 g/mol. The molecule has 0 aromatic carbocycles. The van der Waals surface area contributed by atoms with Crippen LogP contribution in [0.5, 0.6) is 0 Å². The molecule has 1 N–H and O–H groups in total. The summed E-state index contributed by atoms with van der Waals surface area (Å²) in [5, 5.41) is 13.6. The van der Waals surface area contributed by atoms with Crippen molar-refractivity contribution in [2.75, 3.05) is 0 Å². The van der Waals surface area contributed by atoms with E-state index in [2.05, 4.69) is 15.1 Å². The number of rotatable bonds is 4. The molecule has 6 nitrogen and oxygen atoms in total. The highest BCUT2D eigenvalue weighted by atomic mass is 32.2. The third-order valence-corrected chi connectivity index (χ3v) is 3.27. The number of carbonyl (C=O) groups is 1. The predicted octanol–water partition coefficient (Wildman–Crippen LogP) is 1.51. The molecule has 18 heavy (non-hydrogen) atoms. The van der Waals surface area contributed by atoms with Gasteiger partial charge >= 0.3 is 5.97 Å². The van der Waals surface area contributed by atoms with E-state index < -0.39 is 5.97 Å². The van der Waals surface area contributed by atoms with E-state index in [9.17, 15) is 4.79 Å². The van der Waals surface area contributed by atoms with Crippen molar-refractivity contribution >= 4 is 17.7 Å². The topological polar surface area (TPSA) is 80.9 Å². The Bertz CT molecular complexity index is 565. The molecule has 0 saturated carbocycles. The van der Waals surface area contributed by atoms with Crippen molar-refractivity contribution in [2.45, 2.75) is 17.8 Å². The number of hydrogen-bond donors (Lipinski definition) is 1. The second kappa shape index (κ2) is 5.18. The lowest BCUT2D eigenvalue weighted by Crippen LogP contribution is -2.03. The summed E-state index contributed by atoms with van der Waals surface area (Å²) in [7, 11) is 1.72. The van der Waals surface area contributed by atoms with E-state index in [1.165, 1.54) is 18.0 Å². The van der Waals surface area contributed by atoms with Crippen LogP contribution in [0.2, 0.25) is 0 Å². The molecule has 0 fully saturated rings. The number of carboxylic acid groups (broad SMARTS) is 1. The highest BCUT2D eigenvalue weighted by molar-refractivity contribution is 7.98. The number of carboxylic acids is 1. The second-order valence-corrected chi connectivity index (χ2v) is 4.71. The van der Waals surface area contributed by atoms with Crippen molar-refractivity contribution in [3.05, 3.63) is 35.4 Å². The van der Waals surface area contributed by atoms with Crippen molar-refractivity contribution in [2.24, 2.45) is 7.05 Å². The lowest BCUT2D eigenvalue weighted by atomic mass is 10.3. The Balaban J connectivity index is 2.12. The average Bonchev–Trinajstić information content (AvgIpc) is 2.70. The van der Waals surface area contributed by atoms with Gasteiger partial charge in [0.1, 0.15) is 5.56 Å². The van der Waals surface area contributed by atoms with E-state index in [1.807, 2.05) is 6.92 Å². The predicted molar refractivity (Wildman–Crippen MR) is 66.5 cm³/mol. The van der Waals surface area contributed by atoms with E-state index in [1.54, 1.807) is 24.1 Å². The molecule has 2 rings (SSSR count). The molecule has 0 atom stereocenters. The first kappa shape index (κ1) is 12.6. The van der Waals surface area contributed by atoms with Gasteiger partial charge in [-0.3, -0.25) is 4.68 Å². The van der Waals surface area contributed by atoms with Crippen LogP contribution in [0.15, 0.2) is 23.7 Å². The maximum Gasteiger partial charge on any atom is 0.339 e. The highest BCUT2D eigenvalue weighted by Crippen LogP contribution is 2.20. The van der Waals surface area contributed by atoms with Crippen LogP contribution < -0.4 is 0 Å². The maximum absolute atomic E-state index is 11.0. The second-order valence-electron chi connectivity index (χ2n) is 3.77. The van der Waals surface area contributed by atoms with Crippen LogP contribution >= 0.6 is 11.8 Å². The molecule has 0 spiro atoms. The van der Waals surface area contributed by atoms with Gasteiger partial charge in [-0.15, -0.1) is 0 Å². The lowest BCUT2D eigenvalue weighted by molar-refractivity contribution is 0.0696. The normalized spacial score (nSPS) is 10.6. The largest absolute Gasteiger partial charge is 0.478 e. The summed E-state index contributed by atoms with van der Waals surface area (Å²) in [5.41, 5.74) is 1.86. The van der Waals surface area contributed by atoms with Gasteiger partial charge in [-0.25, -0.2) is 14.8 Å².